The van der Waals surface area contributed by atoms with E-state index in [-0.39, 0.29) is 39.1 Å². The first-order valence-electron chi connectivity index (χ1n) is 12.7. The molecule has 0 unspecified atom stereocenters. The number of rotatable bonds is 11. The Bertz CT molecular complexity index is 1470. The molecule has 3 aromatic carbocycles. The summed E-state index contributed by atoms with van der Waals surface area (Å²) in [6.45, 7) is 6.83. The number of carbonyl (C=O) groups excluding carboxylic acids is 2. The smallest absolute Gasteiger partial charge is 0.264 e. The van der Waals surface area contributed by atoms with Crippen LogP contribution in [0.3, 0.4) is 0 Å². The van der Waals surface area contributed by atoms with Gasteiger partial charge in [-0.3, -0.25) is 13.9 Å². The molecular weight excluding hydrogens is 637 g/mol. The molecule has 0 aromatic heterocycles. The number of hydrogen-bond donors (Lipinski definition) is 1. The number of anilines is 1. The lowest BCUT2D eigenvalue weighted by molar-refractivity contribution is -0.139. The third kappa shape index (κ3) is 8.00. The van der Waals surface area contributed by atoms with E-state index >= 15 is 0 Å². The van der Waals surface area contributed by atoms with Crippen LogP contribution in [0.5, 0.6) is 0 Å². The Morgan fingerprint density at radius 2 is 1.65 bits per heavy atom. The monoisotopic (exact) mass is 667 g/mol. The summed E-state index contributed by atoms with van der Waals surface area (Å²) in [7, 11) is -4.20. The summed E-state index contributed by atoms with van der Waals surface area (Å²) in [6.07, 6.45) is 0.720. The van der Waals surface area contributed by atoms with Crippen molar-refractivity contribution in [2.24, 2.45) is 0 Å². The van der Waals surface area contributed by atoms with Crippen molar-refractivity contribution in [3.8, 4) is 0 Å². The van der Waals surface area contributed by atoms with Gasteiger partial charge in [-0.2, -0.15) is 0 Å². The first kappa shape index (κ1) is 31.9. The van der Waals surface area contributed by atoms with E-state index in [4.69, 9.17) is 23.2 Å². The van der Waals surface area contributed by atoms with Crippen LogP contribution in [0.4, 0.5) is 5.69 Å². The second-order valence-electron chi connectivity index (χ2n) is 9.57. The summed E-state index contributed by atoms with van der Waals surface area (Å²) in [5.41, 5.74) is 1.83. The number of nitrogens with one attached hydrogen (secondary N) is 1. The molecule has 2 atom stereocenters. The zero-order chi connectivity index (χ0) is 29.6. The third-order valence-corrected chi connectivity index (χ3v) is 9.51. The summed E-state index contributed by atoms with van der Waals surface area (Å²) >= 11 is 15.8. The molecule has 7 nitrogen and oxygen atoms in total. The first-order chi connectivity index (χ1) is 18.8. The molecule has 0 radical (unpaired) electrons. The largest absolute Gasteiger partial charge is 0.352 e. The van der Waals surface area contributed by atoms with E-state index in [1.165, 1.54) is 35.2 Å². The van der Waals surface area contributed by atoms with Crippen LogP contribution in [0.1, 0.15) is 38.3 Å². The van der Waals surface area contributed by atoms with Crippen molar-refractivity contribution >= 4 is 66.7 Å². The van der Waals surface area contributed by atoms with Crippen LogP contribution in [-0.2, 0) is 26.2 Å². The lowest BCUT2D eigenvalue weighted by Crippen LogP contribution is -2.52. The minimum Gasteiger partial charge on any atom is -0.352 e. The molecule has 3 rings (SSSR count). The average molecular weight is 669 g/mol. The lowest BCUT2D eigenvalue weighted by atomic mass is 10.1. The van der Waals surface area contributed by atoms with Gasteiger partial charge in [-0.05, 0) is 75.2 Å². The van der Waals surface area contributed by atoms with Crippen LogP contribution in [0, 0.1) is 6.92 Å². The van der Waals surface area contributed by atoms with E-state index in [0.29, 0.717) is 0 Å². The third-order valence-electron chi connectivity index (χ3n) is 6.49. The van der Waals surface area contributed by atoms with E-state index in [2.05, 4.69) is 21.2 Å². The van der Waals surface area contributed by atoms with Gasteiger partial charge in [0, 0.05) is 17.1 Å². The van der Waals surface area contributed by atoms with Gasteiger partial charge in [-0.15, -0.1) is 0 Å². The lowest BCUT2D eigenvalue weighted by Gasteiger charge is -2.32. The zero-order valence-corrected chi connectivity index (χ0v) is 26.6. The van der Waals surface area contributed by atoms with Gasteiger partial charge >= 0.3 is 0 Å². The molecule has 0 bridgehead atoms. The molecule has 0 saturated carbocycles. The fourth-order valence-corrected chi connectivity index (χ4v) is 6.03. The van der Waals surface area contributed by atoms with Gasteiger partial charge < -0.3 is 10.2 Å². The molecule has 0 saturated heterocycles. The van der Waals surface area contributed by atoms with Crippen LogP contribution in [0.25, 0.3) is 0 Å². The first-order valence-corrected chi connectivity index (χ1v) is 15.7. The van der Waals surface area contributed by atoms with Crippen LogP contribution in [-0.4, -0.2) is 43.8 Å². The SMILES string of the molecule is CC[C@H](C)NC(=O)[C@@H](C)N(Cc1cccc(Br)c1)C(=O)CN(c1ccc(Cl)c(Cl)c1)S(=O)(=O)c1ccc(C)cc1. The van der Waals surface area contributed by atoms with E-state index in [9.17, 15) is 18.0 Å². The van der Waals surface area contributed by atoms with Gasteiger partial charge in [0.1, 0.15) is 12.6 Å². The fraction of sp³-hybridized carbons (Fsp3) is 0.310. The van der Waals surface area contributed by atoms with E-state index in [0.717, 1.165) is 26.3 Å². The molecule has 0 aliphatic rings. The van der Waals surface area contributed by atoms with Crippen molar-refractivity contribution < 1.29 is 18.0 Å². The Kier molecular flexibility index (Phi) is 11.1. The van der Waals surface area contributed by atoms with Crippen molar-refractivity contribution in [2.45, 2.75) is 57.6 Å². The summed E-state index contributed by atoms with van der Waals surface area (Å²) in [5, 5.41) is 3.30. The Hall–Kier alpha value is -2.59. The molecule has 0 fully saturated rings. The predicted octanol–water partition coefficient (Wildman–Crippen LogP) is 6.59. The molecule has 11 heteroatoms. The van der Waals surface area contributed by atoms with Gasteiger partial charge in [0.05, 0.1) is 20.6 Å². The number of nitrogens with zero attached hydrogens (tertiary/aromatic N) is 2. The standard InChI is InChI=1S/C29H32BrCl2N3O4S/c1-5-20(3)33-29(37)21(4)34(17-22-7-6-8-23(30)15-22)28(36)18-35(24-11-14-26(31)27(32)16-24)40(38,39)25-12-9-19(2)10-13-25/h6-16,20-21H,5,17-18H2,1-4H3,(H,33,37)/t20-,21+/m0/s1. The van der Waals surface area contributed by atoms with Crippen molar-refractivity contribution in [2.75, 3.05) is 10.8 Å². The van der Waals surface area contributed by atoms with E-state index in [1.807, 2.05) is 45.0 Å². The molecule has 0 spiro atoms. The van der Waals surface area contributed by atoms with Gasteiger partial charge in [-0.1, -0.05) is 75.9 Å². The molecule has 0 heterocycles. The topological polar surface area (TPSA) is 86.8 Å². The van der Waals surface area contributed by atoms with Crippen LogP contribution in [0.2, 0.25) is 10.0 Å². The zero-order valence-electron chi connectivity index (χ0n) is 22.7. The Labute approximate surface area is 254 Å². The number of amides is 2. The van der Waals surface area contributed by atoms with Crippen LogP contribution in [0.15, 0.2) is 76.1 Å². The Morgan fingerprint density at radius 3 is 2.25 bits per heavy atom. The highest BCUT2D eigenvalue weighted by Gasteiger charge is 2.33. The quantitative estimate of drug-likeness (QED) is 0.250. The highest BCUT2D eigenvalue weighted by molar-refractivity contribution is 9.10. The maximum Gasteiger partial charge on any atom is 0.264 e. The van der Waals surface area contributed by atoms with Gasteiger partial charge in [0.25, 0.3) is 10.0 Å². The summed E-state index contributed by atoms with van der Waals surface area (Å²) < 4.78 is 29.6. The highest BCUT2D eigenvalue weighted by Crippen LogP contribution is 2.31. The minimum atomic E-state index is -4.20. The maximum atomic E-state index is 14.0. The van der Waals surface area contributed by atoms with Crippen LogP contribution >= 0.6 is 39.1 Å². The van der Waals surface area contributed by atoms with E-state index in [1.54, 1.807) is 19.1 Å². The van der Waals surface area contributed by atoms with Gasteiger partial charge in [0.15, 0.2) is 0 Å². The van der Waals surface area contributed by atoms with Crippen molar-refractivity contribution in [3.63, 3.8) is 0 Å². The number of aryl methyl sites for hydroxylation is 1. The second kappa shape index (κ2) is 13.9. The summed E-state index contributed by atoms with van der Waals surface area (Å²) in [4.78, 5) is 28.5. The number of hydrogen-bond acceptors (Lipinski definition) is 4. The summed E-state index contributed by atoms with van der Waals surface area (Å²) in [6, 6.07) is 17.1. The molecule has 3 aromatic rings. The molecule has 2 amide bonds. The fourth-order valence-electron chi connectivity index (χ4n) is 3.89. The summed E-state index contributed by atoms with van der Waals surface area (Å²) in [5.74, 6) is -0.895. The van der Waals surface area contributed by atoms with Crippen molar-refractivity contribution in [3.05, 3.63) is 92.4 Å². The van der Waals surface area contributed by atoms with Gasteiger partial charge in [0.2, 0.25) is 11.8 Å². The van der Waals surface area contributed by atoms with Crippen LogP contribution < -0.4 is 9.62 Å². The molecule has 1 N–H and O–H groups in total. The molecule has 214 valence electrons. The molecule has 0 aliphatic heterocycles. The number of sulfonamides is 1. The molecular formula is C29H32BrCl2N3O4S. The van der Waals surface area contributed by atoms with Crippen molar-refractivity contribution in [1.82, 2.24) is 10.2 Å². The molecule has 40 heavy (non-hydrogen) atoms. The highest BCUT2D eigenvalue weighted by atomic mass is 79.9. The maximum absolute atomic E-state index is 14.0. The second-order valence-corrected chi connectivity index (χ2v) is 13.2. The number of halogens is 3. The van der Waals surface area contributed by atoms with E-state index < -0.39 is 28.5 Å². The van der Waals surface area contributed by atoms with Crippen molar-refractivity contribution in [1.29, 1.82) is 0 Å². The molecule has 0 aliphatic carbocycles. The van der Waals surface area contributed by atoms with Gasteiger partial charge in [-0.25, -0.2) is 8.42 Å². The predicted molar refractivity (Wildman–Crippen MR) is 164 cm³/mol. The Morgan fingerprint density at radius 1 is 0.975 bits per heavy atom. The Balaban J connectivity index is 2.05. The normalized spacial score (nSPS) is 12.9. The average Bonchev–Trinajstić information content (AvgIpc) is 2.91. The minimum absolute atomic E-state index is 0.0121. The number of benzene rings is 3. The number of carbonyl (C=O) groups is 2.